The molecule has 1 unspecified atom stereocenters. The minimum Gasteiger partial charge on any atom is -0.507 e. The maximum Gasteiger partial charge on any atom is 0.295 e. The zero-order chi connectivity index (χ0) is 24.0. The lowest BCUT2D eigenvalue weighted by Crippen LogP contribution is -2.33. The fourth-order valence-electron chi connectivity index (χ4n) is 3.60. The van der Waals surface area contributed by atoms with Crippen LogP contribution in [0.3, 0.4) is 0 Å². The van der Waals surface area contributed by atoms with Crippen LogP contribution in [0.25, 0.3) is 5.76 Å². The van der Waals surface area contributed by atoms with Gasteiger partial charge < -0.3 is 24.6 Å². The first kappa shape index (κ1) is 23.9. The molecule has 0 aromatic heterocycles. The molecule has 1 heterocycles. The molecule has 1 saturated heterocycles. The molecule has 0 radical (unpaired) electrons. The van der Waals surface area contributed by atoms with Crippen LogP contribution in [0.1, 0.15) is 24.1 Å². The lowest BCUT2D eigenvalue weighted by atomic mass is 9.95. The van der Waals surface area contributed by atoms with Crippen molar-refractivity contribution in [2.75, 3.05) is 33.0 Å². The molecule has 2 aromatic rings. The highest BCUT2D eigenvalue weighted by molar-refractivity contribution is 6.46. The van der Waals surface area contributed by atoms with E-state index in [1.807, 2.05) is 6.92 Å². The lowest BCUT2D eigenvalue weighted by molar-refractivity contribution is -0.384. The first-order valence-electron chi connectivity index (χ1n) is 10.3. The second-order valence-electron chi connectivity index (χ2n) is 7.13. The summed E-state index contributed by atoms with van der Waals surface area (Å²) in [7, 11) is 0. The maximum absolute atomic E-state index is 12.9. The summed E-state index contributed by atoms with van der Waals surface area (Å²) >= 11 is 0. The summed E-state index contributed by atoms with van der Waals surface area (Å²) in [6, 6.07) is 10.9. The molecule has 1 amide bonds. The molecule has 3 rings (SSSR count). The Bertz CT molecular complexity index is 1050. The summed E-state index contributed by atoms with van der Waals surface area (Å²) in [5.74, 6) is -1.47. The van der Waals surface area contributed by atoms with Crippen LogP contribution in [0.5, 0.6) is 5.75 Å². The highest BCUT2D eigenvalue weighted by atomic mass is 16.6. The molecular weight excluding hydrogens is 432 g/mol. The van der Waals surface area contributed by atoms with Crippen LogP contribution in [-0.2, 0) is 14.3 Å². The Hall–Kier alpha value is -3.76. The summed E-state index contributed by atoms with van der Waals surface area (Å²) in [4.78, 5) is 37.5. The maximum atomic E-state index is 12.9. The lowest BCUT2D eigenvalue weighted by Gasteiger charge is -2.25. The molecule has 2 aromatic carbocycles. The molecule has 174 valence electrons. The fraction of sp³-hybridized carbons (Fsp3) is 0.304. The van der Waals surface area contributed by atoms with Gasteiger partial charge in [0, 0.05) is 24.2 Å². The minimum atomic E-state index is -0.963. The molecule has 10 nitrogen and oxygen atoms in total. The van der Waals surface area contributed by atoms with Gasteiger partial charge in [-0.25, -0.2) is 0 Å². The number of aliphatic hydroxyl groups excluding tert-OH is 2. The molecule has 33 heavy (non-hydrogen) atoms. The van der Waals surface area contributed by atoms with E-state index in [1.165, 1.54) is 29.2 Å². The SMILES string of the molecule is CCOc1ccc(/C(O)=C2\C(=O)C(=O)N(CCOCCO)C2c2ccc([N+](=O)[O-])cc2)cc1. The van der Waals surface area contributed by atoms with Crippen LogP contribution in [0.2, 0.25) is 0 Å². The zero-order valence-corrected chi connectivity index (χ0v) is 18.0. The number of likely N-dealkylation sites (tertiary alicyclic amines) is 1. The van der Waals surface area contributed by atoms with Crippen LogP contribution in [0, 0.1) is 10.1 Å². The number of non-ortho nitro benzene ring substituents is 1. The van der Waals surface area contributed by atoms with Gasteiger partial charge in [0.2, 0.25) is 0 Å². The van der Waals surface area contributed by atoms with Gasteiger partial charge in [-0.1, -0.05) is 0 Å². The average Bonchev–Trinajstić information content (AvgIpc) is 3.07. The fourth-order valence-corrected chi connectivity index (χ4v) is 3.60. The monoisotopic (exact) mass is 456 g/mol. The molecule has 1 atom stereocenters. The number of amides is 1. The van der Waals surface area contributed by atoms with Crippen LogP contribution >= 0.6 is 0 Å². The summed E-state index contributed by atoms with van der Waals surface area (Å²) < 4.78 is 10.6. The third-order valence-corrected chi connectivity index (χ3v) is 5.11. The van der Waals surface area contributed by atoms with Gasteiger partial charge in [0.25, 0.3) is 17.4 Å². The van der Waals surface area contributed by atoms with E-state index in [-0.39, 0.29) is 43.4 Å². The quantitative estimate of drug-likeness (QED) is 0.139. The van der Waals surface area contributed by atoms with Crippen LogP contribution < -0.4 is 4.74 Å². The van der Waals surface area contributed by atoms with Crippen molar-refractivity contribution in [1.29, 1.82) is 0 Å². The summed E-state index contributed by atoms with van der Waals surface area (Å²) in [6.45, 7) is 2.26. The van der Waals surface area contributed by atoms with E-state index in [9.17, 15) is 24.8 Å². The van der Waals surface area contributed by atoms with Crippen molar-refractivity contribution in [1.82, 2.24) is 4.90 Å². The standard InChI is InChI=1S/C23H24N2O8/c1-2-33-18-9-5-16(6-10-18)21(27)19-20(15-3-7-17(8-4-15)25(30)31)24(23(29)22(19)28)11-13-32-14-12-26/h3-10,20,26-27H,2,11-14H2,1H3/b21-19+. The summed E-state index contributed by atoms with van der Waals surface area (Å²) in [5, 5.41) is 30.9. The minimum absolute atomic E-state index is 0.0201. The molecular formula is C23H24N2O8. The number of carbonyl (C=O) groups excluding carboxylic acids is 2. The number of hydrogen-bond donors (Lipinski definition) is 2. The van der Waals surface area contributed by atoms with Crippen molar-refractivity contribution in [3.8, 4) is 5.75 Å². The third kappa shape index (κ3) is 5.18. The number of rotatable bonds is 10. The van der Waals surface area contributed by atoms with Crippen molar-refractivity contribution >= 4 is 23.1 Å². The molecule has 1 fully saturated rings. The van der Waals surface area contributed by atoms with E-state index in [2.05, 4.69) is 0 Å². The van der Waals surface area contributed by atoms with E-state index >= 15 is 0 Å². The van der Waals surface area contributed by atoms with Gasteiger partial charge in [-0.3, -0.25) is 19.7 Å². The number of nitro groups is 1. The Morgan fingerprint density at radius 2 is 1.76 bits per heavy atom. The van der Waals surface area contributed by atoms with Gasteiger partial charge in [0.15, 0.2) is 0 Å². The number of ketones is 1. The Morgan fingerprint density at radius 1 is 1.09 bits per heavy atom. The van der Waals surface area contributed by atoms with Gasteiger partial charge in [-0.05, 0) is 48.9 Å². The Balaban J connectivity index is 2.04. The van der Waals surface area contributed by atoms with Crippen molar-refractivity contribution in [2.24, 2.45) is 0 Å². The first-order valence-corrected chi connectivity index (χ1v) is 10.3. The number of benzene rings is 2. The molecule has 2 N–H and O–H groups in total. The smallest absolute Gasteiger partial charge is 0.295 e. The summed E-state index contributed by atoms with van der Waals surface area (Å²) in [6.07, 6.45) is 0. The van der Waals surface area contributed by atoms with Gasteiger partial charge in [-0.2, -0.15) is 0 Å². The van der Waals surface area contributed by atoms with Crippen LogP contribution in [0.15, 0.2) is 54.1 Å². The van der Waals surface area contributed by atoms with Gasteiger partial charge >= 0.3 is 0 Å². The topological polar surface area (TPSA) is 139 Å². The largest absolute Gasteiger partial charge is 0.507 e. The van der Waals surface area contributed by atoms with Crippen molar-refractivity contribution in [3.63, 3.8) is 0 Å². The Morgan fingerprint density at radius 3 is 2.33 bits per heavy atom. The van der Waals surface area contributed by atoms with E-state index in [0.717, 1.165) is 0 Å². The van der Waals surface area contributed by atoms with Gasteiger partial charge in [0.1, 0.15) is 11.5 Å². The van der Waals surface area contributed by atoms with Crippen LogP contribution in [0.4, 0.5) is 5.69 Å². The molecule has 0 saturated carbocycles. The first-order chi connectivity index (χ1) is 15.9. The number of Topliss-reactive ketones (excluding diaryl/α,β-unsaturated/α-hetero) is 1. The summed E-state index contributed by atoms with van der Waals surface area (Å²) in [5.41, 5.74) is 0.475. The number of hydrogen-bond acceptors (Lipinski definition) is 8. The number of nitro benzene ring substituents is 1. The van der Waals surface area contributed by atoms with E-state index < -0.39 is 22.7 Å². The number of nitrogens with zero attached hydrogens (tertiary/aromatic N) is 2. The Labute approximate surface area is 189 Å². The van der Waals surface area contributed by atoms with Gasteiger partial charge in [0.05, 0.1) is 43.0 Å². The molecule has 1 aliphatic heterocycles. The zero-order valence-electron chi connectivity index (χ0n) is 18.0. The average molecular weight is 456 g/mol. The van der Waals surface area contributed by atoms with Crippen molar-refractivity contribution in [3.05, 3.63) is 75.3 Å². The number of carbonyl (C=O) groups is 2. The molecule has 0 aliphatic carbocycles. The predicted octanol–water partition coefficient (Wildman–Crippen LogP) is 2.42. The van der Waals surface area contributed by atoms with Crippen molar-refractivity contribution in [2.45, 2.75) is 13.0 Å². The normalized spacial score (nSPS) is 17.4. The Kier molecular flexibility index (Phi) is 7.75. The predicted molar refractivity (Wildman–Crippen MR) is 118 cm³/mol. The van der Waals surface area contributed by atoms with E-state index in [1.54, 1.807) is 24.3 Å². The molecule has 0 spiro atoms. The number of aliphatic hydroxyl groups is 2. The van der Waals surface area contributed by atoms with Crippen LogP contribution in [-0.4, -0.2) is 64.7 Å². The van der Waals surface area contributed by atoms with E-state index in [0.29, 0.717) is 23.5 Å². The second kappa shape index (κ2) is 10.7. The van der Waals surface area contributed by atoms with Crippen molar-refractivity contribution < 1.29 is 34.2 Å². The molecule has 10 heteroatoms. The highest BCUT2D eigenvalue weighted by Gasteiger charge is 2.46. The van der Waals surface area contributed by atoms with Gasteiger partial charge in [-0.15, -0.1) is 0 Å². The molecule has 1 aliphatic rings. The third-order valence-electron chi connectivity index (χ3n) is 5.11. The second-order valence-corrected chi connectivity index (χ2v) is 7.13. The number of ether oxygens (including phenoxy) is 2. The molecule has 0 bridgehead atoms. The highest BCUT2D eigenvalue weighted by Crippen LogP contribution is 2.39. The van der Waals surface area contributed by atoms with E-state index in [4.69, 9.17) is 14.6 Å².